The molecule has 3 heteroatoms. The van der Waals surface area contributed by atoms with Crippen LogP contribution < -0.4 is 5.56 Å². The number of benzene rings is 3. The molecule has 0 unspecified atom stereocenters. The van der Waals surface area contributed by atoms with Crippen molar-refractivity contribution in [2.45, 2.75) is 13.5 Å². The van der Waals surface area contributed by atoms with Crippen molar-refractivity contribution in [1.82, 2.24) is 9.78 Å². The summed E-state index contributed by atoms with van der Waals surface area (Å²) in [6.45, 7) is 2.51. The zero-order valence-electron chi connectivity index (χ0n) is 14.0. The summed E-state index contributed by atoms with van der Waals surface area (Å²) in [5, 5.41) is 6.90. The Morgan fingerprint density at radius 1 is 0.840 bits per heavy atom. The smallest absolute Gasteiger partial charge is 0.267 e. The van der Waals surface area contributed by atoms with E-state index in [-0.39, 0.29) is 5.56 Å². The molecule has 0 radical (unpaired) electrons. The van der Waals surface area contributed by atoms with E-state index in [2.05, 4.69) is 48.4 Å². The summed E-state index contributed by atoms with van der Waals surface area (Å²) in [4.78, 5) is 12.3. The fourth-order valence-electron chi connectivity index (χ4n) is 3.03. The zero-order chi connectivity index (χ0) is 17.2. The molecular weight excluding hydrogens is 308 g/mol. The van der Waals surface area contributed by atoms with Crippen LogP contribution in [0.4, 0.5) is 0 Å². The number of nitrogens with zero attached hydrogens (tertiary/aromatic N) is 2. The van der Waals surface area contributed by atoms with E-state index in [0.717, 1.165) is 22.2 Å². The number of fused-ring (bicyclic) bond motifs is 1. The van der Waals surface area contributed by atoms with Gasteiger partial charge in [0.25, 0.3) is 5.56 Å². The first-order chi connectivity index (χ1) is 12.2. The molecule has 0 aliphatic carbocycles. The molecule has 4 aromatic rings. The maximum atomic E-state index is 12.3. The highest BCUT2D eigenvalue weighted by Crippen LogP contribution is 2.20. The Bertz CT molecular complexity index is 1090. The molecule has 0 amide bonds. The Morgan fingerprint density at radius 2 is 1.60 bits per heavy atom. The molecule has 0 saturated carbocycles. The lowest BCUT2D eigenvalue weighted by Crippen LogP contribution is -2.22. The standard InChI is InChI=1S/C22H18N2O/c1-16-9-11-18(12-10-16)21-13-14-22(25)24(23-21)15-19-7-4-6-17-5-2-3-8-20(17)19/h2-14H,15H2,1H3. The summed E-state index contributed by atoms with van der Waals surface area (Å²) in [5.41, 5.74) is 4.02. The van der Waals surface area contributed by atoms with Crippen LogP contribution in [-0.2, 0) is 6.54 Å². The van der Waals surface area contributed by atoms with Crippen LogP contribution in [-0.4, -0.2) is 9.78 Å². The Kier molecular flexibility index (Phi) is 3.90. The molecule has 4 rings (SSSR count). The van der Waals surface area contributed by atoms with Crippen LogP contribution in [0.5, 0.6) is 0 Å². The van der Waals surface area contributed by atoms with Crippen LogP contribution in [0, 0.1) is 6.92 Å². The third kappa shape index (κ3) is 3.09. The largest absolute Gasteiger partial charge is 0.268 e. The summed E-state index contributed by atoms with van der Waals surface area (Å²) in [5.74, 6) is 0. The number of hydrogen-bond acceptors (Lipinski definition) is 2. The van der Waals surface area contributed by atoms with Gasteiger partial charge in [0.05, 0.1) is 12.2 Å². The monoisotopic (exact) mass is 326 g/mol. The van der Waals surface area contributed by atoms with Gasteiger partial charge in [-0.05, 0) is 29.3 Å². The lowest BCUT2D eigenvalue weighted by Gasteiger charge is -2.10. The van der Waals surface area contributed by atoms with Crippen molar-refractivity contribution in [3.63, 3.8) is 0 Å². The van der Waals surface area contributed by atoms with Gasteiger partial charge in [0.2, 0.25) is 0 Å². The maximum Gasteiger partial charge on any atom is 0.267 e. The summed E-state index contributed by atoms with van der Waals surface area (Å²) in [6.07, 6.45) is 0. The fraction of sp³-hybridized carbons (Fsp3) is 0.0909. The van der Waals surface area contributed by atoms with Gasteiger partial charge in [-0.15, -0.1) is 0 Å². The molecule has 3 nitrogen and oxygen atoms in total. The zero-order valence-corrected chi connectivity index (χ0v) is 14.0. The normalized spacial score (nSPS) is 10.9. The molecule has 0 aliphatic heterocycles. The summed E-state index contributed by atoms with van der Waals surface area (Å²) in [7, 11) is 0. The van der Waals surface area contributed by atoms with E-state index >= 15 is 0 Å². The minimum Gasteiger partial charge on any atom is -0.268 e. The quantitative estimate of drug-likeness (QED) is 0.558. The number of aryl methyl sites for hydroxylation is 1. The van der Waals surface area contributed by atoms with E-state index in [1.807, 2.05) is 30.3 Å². The molecule has 0 atom stereocenters. The third-order valence-electron chi connectivity index (χ3n) is 4.41. The lowest BCUT2D eigenvalue weighted by atomic mass is 10.0. The minimum atomic E-state index is -0.0937. The number of hydrogen-bond donors (Lipinski definition) is 0. The Hall–Kier alpha value is -3.20. The third-order valence-corrected chi connectivity index (χ3v) is 4.41. The average molecular weight is 326 g/mol. The predicted octanol–water partition coefficient (Wildman–Crippen LogP) is 4.42. The van der Waals surface area contributed by atoms with Gasteiger partial charge in [0.1, 0.15) is 0 Å². The summed E-state index contributed by atoms with van der Waals surface area (Å²) < 4.78 is 1.54. The van der Waals surface area contributed by atoms with Crippen LogP contribution in [0.15, 0.2) is 83.7 Å². The lowest BCUT2D eigenvalue weighted by molar-refractivity contribution is 0.645. The molecule has 0 bridgehead atoms. The SMILES string of the molecule is Cc1ccc(-c2ccc(=O)n(Cc3cccc4ccccc34)n2)cc1. The highest BCUT2D eigenvalue weighted by atomic mass is 16.1. The van der Waals surface area contributed by atoms with Crippen LogP contribution >= 0.6 is 0 Å². The molecule has 0 N–H and O–H groups in total. The van der Waals surface area contributed by atoms with Crippen molar-refractivity contribution in [3.8, 4) is 11.3 Å². The molecule has 0 saturated heterocycles. The molecule has 1 aromatic heterocycles. The van der Waals surface area contributed by atoms with E-state index in [1.165, 1.54) is 15.6 Å². The van der Waals surface area contributed by atoms with E-state index in [0.29, 0.717) is 6.54 Å². The van der Waals surface area contributed by atoms with Gasteiger partial charge >= 0.3 is 0 Å². The van der Waals surface area contributed by atoms with Gasteiger partial charge in [0.15, 0.2) is 0 Å². The maximum absolute atomic E-state index is 12.3. The van der Waals surface area contributed by atoms with E-state index in [9.17, 15) is 4.79 Å². The predicted molar refractivity (Wildman–Crippen MR) is 102 cm³/mol. The molecular formula is C22H18N2O. The molecule has 0 fully saturated rings. The minimum absolute atomic E-state index is 0.0937. The first kappa shape index (κ1) is 15.3. The molecule has 1 heterocycles. The molecule has 25 heavy (non-hydrogen) atoms. The van der Waals surface area contributed by atoms with Crippen molar-refractivity contribution in [1.29, 1.82) is 0 Å². The van der Waals surface area contributed by atoms with Crippen LogP contribution in [0.2, 0.25) is 0 Å². The summed E-state index contributed by atoms with van der Waals surface area (Å²) >= 11 is 0. The van der Waals surface area contributed by atoms with Gasteiger partial charge in [-0.3, -0.25) is 4.79 Å². The molecule has 3 aromatic carbocycles. The second-order valence-electron chi connectivity index (χ2n) is 6.22. The topological polar surface area (TPSA) is 34.9 Å². The first-order valence-corrected chi connectivity index (χ1v) is 8.32. The highest BCUT2D eigenvalue weighted by Gasteiger charge is 2.06. The highest BCUT2D eigenvalue weighted by molar-refractivity contribution is 5.85. The van der Waals surface area contributed by atoms with Gasteiger partial charge in [-0.25, -0.2) is 4.68 Å². The Labute approximate surface area is 146 Å². The van der Waals surface area contributed by atoms with Crippen LogP contribution in [0.25, 0.3) is 22.0 Å². The number of rotatable bonds is 3. The van der Waals surface area contributed by atoms with Crippen molar-refractivity contribution in [2.75, 3.05) is 0 Å². The van der Waals surface area contributed by atoms with Crippen LogP contribution in [0.1, 0.15) is 11.1 Å². The van der Waals surface area contributed by atoms with Crippen LogP contribution in [0.3, 0.4) is 0 Å². The first-order valence-electron chi connectivity index (χ1n) is 8.32. The van der Waals surface area contributed by atoms with Crippen molar-refractivity contribution in [2.24, 2.45) is 0 Å². The van der Waals surface area contributed by atoms with Gasteiger partial charge in [-0.1, -0.05) is 72.3 Å². The number of aromatic nitrogens is 2. The van der Waals surface area contributed by atoms with E-state index in [1.54, 1.807) is 12.1 Å². The fourth-order valence-corrected chi connectivity index (χ4v) is 3.03. The molecule has 122 valence electrons. The second kappa shape index (κ2) is 6.36. The van der Waals surface area contributed by atoms with E-state index in [4.69, 9.17) is 0 Å². The molecule has 0 aliphatic rings. The van der Waals surface area contributed by atoms with Gasteiger partial charge in [0, 0.05) is 11.6 Å². The summed E-state index contributed by atoms with van der Waals surface area (Å²) in [6, 6.07) is 25.9. The Morgan fingerprint density at radius 3 is 2.44 bits per heavy atom. The second-order valence-corrected chi connectivity index (χ2v) is 6.22. The van der Waals surface area contributed by atoms with Crippen molar-refractivity contribution < 1.29 is 0 Å². The van der Waals surface area contributed by atoms with Crippen molar-refractivity contribution in [3.05, 3.63) is 100 Å². The molecule has 0 spiro atoms. The van der Waals surface area contributed by atoms with Gasteiger partial charge < -0.3 is 0 Å². The van der Waals surface area contributed by atoms with E-state index < -0.39 is 0 Å². The Balaban J connectivity index is 1.76. The average Bonchev–Trinajstić information content (AvgIpc) is 2.64. The van der Waals surface area contributed by atoms with Gasteiger partial charge in [-0.2, -0.15) is 5.10 Å². The van der Waals surface area contributed by atoms with Crippen molar-refractivity contribution >= 4 is 10.8 Å².